The van der Waals surface area contributed by atoms with E-state index in [0.29, 0.717) is 31.0 Å². The predicted molar refractivity (Wildman–Crippen MR) is 96.4 cm³/mol. The first-order chi connectivity index (χ1) is 12.4. The van der Waals surface area contributed by atoms with E-state index in [1.165, 1.54) is 0 Å². The molecule has 1 aliphatic carbocycles. The van der Waals surface area contributed by atoms with Gasteiger partial charge in [0.2, 0.25) is 5.91 Å². The lowest BCUT2D eigenvalue weighted by molar-refractivity contribution is -0.140. The van der Waals surface area contributed by atoms with E-state index in [4.69, 9.17) is 9.47 Å². The Bertz CT molecular complexity index is 693. The van der Waals surface area contributed by atoms with Crippen molar-refractivity contribution in [2.45, 2.75) is 32.6 Å². The molecule has 2 unspecified atom stereocenters. The number of ether oxygens (including phenoxy) is 2. The summed E-state index contributed by atoms with van der Waals surface area (Å²) in [6.45, 7) is 3.28. The number of hydrogen-bond donors (Lipinski definition) is 1. The number of rotatable bonds is 6. The van der Waals surface area contributed by atoms with Gasteiger partial charge in [0, 0.05) is 19.0 Å². The SMILES string of the molecule is COc1ccc(CC(C)C(=O)N2CCC3(CC2)CC3C(=O)O)cc1OC. The quantitative estimate of drug-likeness (QED) is 0.843. The average Bonchev–Trinajstić information content (AvgIpc) is 3.35. The second-order valence-corrected chi connectivity index (χ2v) is 7.58. The molecule has 1 N–H and O–H groups in total. The van der Waals surface area contributed by atoms with Gasteiger partial charge in [-0.2, -0.15) is 0 Å². The number of carbonyl (C=O) groups is 2. The molecule has 0 bridgehead atoms. The third kappa shape index (κ3) is 3.50. The summed E-state index contributed by atoms with van der Waals surface area (Å²) >= 11 is 0. The van der Waals surface area contributed by atoms with E-state index < -0.39 is 5.97 Å². The normalized spacial score (nSPS) is 22.0. The summed E-state index contributed by atoms with van der Waals surface area (Å²) < 4.78 is 10.6. The van der Waals surface area contributed by atoms with Crippen LogP contribution in [0.3, 0.4) is 0 Å². The molecule has 6 heteroatoms. The molecule has 1 aromatic rings. The van der Waals surface area contributed by atoms with Gasteiger partial charge in [-0.15, -0.1) is 0 Å². The van der Waals surface area contributed by atoms with Crippen molar-refractivity contribution in [1.29, 1.82) is 0 Å². The van der Waals surface area contributed by atoms with Crippen LogP contribution < -0.4 is 9.47 Å². The van der Waals surface area contributed by atoms with E-state index in [1.807, 2.05) is 30.0 Å². The molecule has 2 fully saturated rings. The highest BCUT2D eigenvalue weighted by Gasteiger charge is 2.59. The zero-order chi connectivity index (χ0) is 18.9. The molecule has 142 valence electrons. The van der Waals surface area contributed by atoms with E-state index in [0.717, 1.165) is 24.8 Å². The third-order valence-corrected chi connectivity index (χ3v) is 5.97. The number of carboxylic acids is 1. The minimum Gasteiger partial charge on any atom is -0.493 e. The molecular formula is C20H27NO5. The highest BCUT2D eigenvalue weighted by Crippen LogP contribution is 2.59. The molecule has 2 aliphatic rings. The van der Waals surface area contributed by atoms with Crippen molar-refractivity contribution in [3.05, 3.63) is 23.8 Å². The Labute approximate surface area is 154 Å². The number of methoxy groups -OCH3 is 2. The monoisotopic (exact) mass is 361 g/mol. The van der Waals surface area contributed by atoms with Crippen molar-refractivity contribution >= 4 is 11.9 Å². The van der Waals surface area contributed by atoms with Crippen LogP contribution in [-0.2, 0) is 16.0 Å². The first kappa shape index (κ1) is 18.5. The van der Waals surface area contributed by atoms with Gasteiger partial charge in [0.1, 0.15) is 0 Å². The Balaban J connectivity index is 1.56. The van der Waals surface area contributed by atoms with E-state index in [2.05, 4.69) is 0 Å². The molecule has 1 aromatic carbocycles. The van der Waals surface area contributed by atoms with Crippen LogP contribution >= 0.6 is 0 Å². The summed E-state index contributed by atoms with van der Waals surface area (Å²) in [4.78, 5) is 25.8. The summed E-state index contributed by atoms with van der Waals surface area (Å²) in [7, 11) is 3.20. The van der Waals surface area contributed by atoms with Crippen molar-refractivity contribution in [2.75, 3.05) is 27.3 Å². The number of nitrogens with zero attached hydrogens (tertiary/aromatic N) is 1. The Morgan fingerprint density at radius 2 is 1.88 bits per heavy atom. The fourth-order valence-corrected chi connectivity index (χ4v) is 4.18. The third-order valence-electron chi connectivity index (χ3n) is 5.97. The highest BCUT2D eigenvalue weighted by atomic mass is 16.5. The maximum absolute atomic E-state index is 12.8. The van der Waals surface area contributed by atoms with E-state index in [-0.39, 0.29) is 23.2 Å². The number of carboxylic acid groups (broad SMARTS) is 1. The zero-order valence-corrected chi connectivity index (χ0v) is 15.7. The van der Waals surface area contributed by atoms with Crippen LogP contribution in [0.25, 0.3) is 0 Å². The lowest BCUT2D eigenvalue weighted by atomic mass is 9.89. The first-order valence-electron chi connectivity index (χ1n) is 9.12. The van der Waals surface area contributed by atoms with Crippen molar-refractivity contribution in [2.24, 2.45) is 17.3 Å². The van der Waals surface area contributed by atoms with Gasteiger partial charge in [-0.1, -0.05) is 13.0 Å². The molecule has 1 aliphatic heterocycles. The minimum absolute atomic E-state index is 0.0464. The summed E-state index contributed by atoms with van der Waals surface area (Å²) in [6.07, 6.45) is 3.02. The number of amides is 1. The summed E-state index contributed by atoms with van der Waals surface area (Å²) in [5.74, 6) is 0.460. The van der Waals surface area contributed by atoms with Gasteiger partial charge in [0.25, 0.3) is 0 Å². The number of carbonyl (C=O) groups excluding carboxylic acids is 1. The molecule has 2 atom stereocenters. The van der Waals surface area contributed by atoms with Gasteiger partial charge >= 0.3 is 5.97 Å². The zero-order valence-electron chi connectivity index (χ0n) is 15.7. The Hall–Kier alpha value is -2.24. The van der Waals surface area contributed by atoms with Crippen LogP contribution in [0.15, 0.2) is 18.2 Å². The van der Waals surface area contributed by atoms with Crippen molar-refractivity contribution < 1.29 is 24.2 Å². The van der Waals surface area contributed by atoms with E-state index >= 15 is 0 Å². The van der Waals surface area contributed by atoms with Crippen molar-refractivity contribution in [3.8, 4) is 11.5 Å². The molecule has 6 nitrogen and oxygen atoms in total. The number of piperidine rings is 1. The lowest BCUT2D eigenvalue weighted by Gasteiger charge is -2.34. The predicted octanol–water partition coefficient (Wildman–Crippen LogP) is 2.60. The van der Waals surface area contributed by atoms with Crippen LogP contribution in [0.5, 0.6) is 11.5 Å². The molecule has 1 amide bonds. The average molecular weight is 361 g/mol. The highest BCUT2D eigenvalue weighted by molar-refractivity contribution is 5.79. The molecule has 0 aromatic heterocycles. The first-order valence-corrected chi connectivity index (χ1v) is 9.12. The van der Waals surface area contributed by atoms with Crippen molar-refractivity contribution in [1.82, 2.24) is 4.90 Å². The standard InChI is InChI=1S/C20H27NO5/c1-13(10-14-4-5-16(25-2)17(11-14)26-3)18(22)21-8-6-20(7-9-21)12-15(20)19(23)24/h4-5,11,13,15H,6-10,12H2,1-3H3,(H,23,24). The molecule has 1 spiro atoms. The Kier molecular flexibility index (Phi) is 5.12. The van der Waals surface area contributed by atoms with Crippen LogP contribution in [0, 0.1) is 17.3 Å². The van der Waals surface area contributed by atoms with Crippen LogP contribution in [0.2, 0.25) is 0 Å². The van der Waals surface area contributed by atoms with Gasteiger partial charge in [-0.25, -0.2) is 0 Å². The molecule has 3 rings (SSSR count). The summed E-state index contributed by atoms with van der Waals surface area (Å²) in [5, 5.41) is 9.18. The van der Waals surface area contributed by atoms with Gasteiger partial charge in [-0.3, -0.25) is 9.59 Å². The van der Waals surface area contributed by atoms with Gasteiger partial charge in [-0.05, 0) is 48.8 Å². The molecular weight excluding hydrogens is 334 g/mol. The minimum atomic E-state index is -0.688. The molecule has 26 heavy (non-hydrogen) atoms. The van der Waals surface area contributed by atoms with Crippen LogP contribution in [-0.4, -0.2) is 49.2 Å². The fourth-order valence-electron chi connectivity index (χ4n) is 4.18. The van der Waals surface area contributed by atoms with E-state index in [9.17, 15) is 14.7 Å². The van der Waals surface area contributed by atoms with Gasteiger partial charge < -0.3 is 19.5 Å². The second-order valence-electron chi connectivity index (χ2n) is 7.58. The summed E-state index contributed by atoms with van der Waals surface area (Å²) in [5.41, 5.74) is 0.986. The molecule has 1 saturated carbocycles. The van der Waals surface area contributed by atoms with Gasteiger partial charge in [0.05, 0.1) is 20.1 Å². The van der Waals surface area contributed by atoms with E-state index in [1.54, 1.807) is 14.2 Å². The Morgan fingerprint density at radius 1 is 1.23 bits per heavy atom. The fraction of sp³-hybridized carbons (Fsp3) is 0.600. The number of benzene rings is 1. The van der Waals surface area contributed by atoms with Crippen LogP contribution in [0.1, 0.15) is 31.7 Å². The van der Waals surface area contributed by atoms with Crippen molar-refractivity contribution in [3.63, 3.8) is 0 Å². The topological polar surface area (TPSA) is 76.1 Å². The lowest BCUT2D eigenvalue weighted by Crippen LogP contribution is -2.42. The Morgan fingerprint density at radius 3 is 2.42 bits per heavy atom. The smallest absolute Gasteiger partial charge is 0.307 e. The number of hydrogen-bond acceptors (Lipinski definition) is 4. The molecule has 1 saturated heterocycles. The number of likely N-dealkylation sites (tertiary alicyclic amines) is 1. The largest absolute Gasteiger partial charge is 0.493 e. The molecule has 1 heterocycles. The maximum atomic E-state index is 12.8. The molecule has 0 radical (unpaired) electrons. The van der Waals surface area contributed by atoms with Gasteiger partial charge in [0.15, 0.2) is 11.5 Å². The second kappa shape index (κ2) is 7.17. The van der Waals surface area contributed by atoms with Crippen LogP contribution in [0.4, 0.5) is 0 Å². The summed E-state index contributed by atoms with van der Waals surface area (Å²) in [6, 6.07) is 5.72. The number of aliphatic carboxylic acids is 1. The maximum Gasteiger partial charge on any atom is 0.307 e.